The number of nitrogens with two attached hydrogens (primary N) is 1. The van der Waals surface area contributed by atoms with Crippen LogP contribution in [0.25, 0.3) is 0 Å². The minimum Gasteiger partial charge on any atom is -0.412 e. The molecule has 0 saturated heterocycles. The van der Waals surface area contributed by atoms with Gasteiger partial charge >= 0.3 is 0 Å². The predicted molar refractivity (Wildman–Crippen MR) is 121 cm³/mol. The van der Waals surface area contributed by atoms with Crippen LogP contribution >= 0.6 is 0 Å². The van der Waals surface area contributed by atoms with Gasteiger partial charge in [0.2, 0.25) is 0 Å². The Labute approximate surface area is 169 Å². The van der Waals surface area contributed by atoms with E-state index in [2.05, 4.69) is 51.1 Å². The largest absolute Gasteiger partial charge is 0.412 e. The lowest BCUT2D eigenvalue weighted by Crippen LogP contribution is -2.40. The first kappa shape index (κ1) is 26.1. The average Bonchev–Trinajstić information content (AvgIpc) is 2.66. The zero-order chi connectivity index (χ0) is 19.1. The Morgan fingerprint density at radius 3 is 1.56 bits per heavy atom. The molecule has 0 fully saturated rings. The molecule has 2 nitrogen and oxygen atoms in total. The van der Waals surface area contributed by atoms with E-state index in [0.717, 1.165) is 6.42 Å². The molecule has 1 aromatic carbocycles. The first-order chi connectivity index (χ1) is 12.6. The van der Waals surface area contributed by atoms with Gasteiger partial charge in [-0.2, -0.15) is 0 Å². The average molecular weight is 378 g/mol. The third-order valence-corrected chi connectivity index (χ3v) is 6.06. The van der Waals surface area contributed by atoms with Gasteiger partial charge < -0.3 is 11.2 Å². The predicted octanol–water partition coefficient (Wildman–Crippen LogP) is 6.95. The van der Waals surface area contributed by atoms with Crippen molar-refractivity contribution < 1.29 is 5.48 Å². The molecule has 0 amide bonds. The third-order valence-electron chi connectivity index (χ3n) is 6.06. The molecule has 1 rings (SSSR count). The highest BCUT2D eigenvalue weighted by molar-refractivity contribution is 5.25. The number of hydrogen-bond acceptors (Lipinski definition) is 1. The summed E-state index contributed by atoms with van der Waals surface area (Å²) in [5.74, 6) is 0. The molecular formula is C25H47NO. The quantitative estimate of drug-likeness (QED) is 0.311. The maximum absolute atomic E-state index is 6.52. The van der Waals surface area contributed by atoms with Gasteiger partial charge in [0.15, 0.2) is 0 Å². The molecule has 1 atom stereocenters. The molecule has 4 N–H and O–H groups in total. The van der Waals surface area contributed by atoms with Gasteiger partial charge in [0.25, 0.3) is 0 Å². The van der Waals surface area contributed by atoms with E-state index in [1.807, 2.05) is 0 Å². The van der Waals surface area contributed by atoms with Crippen LogP contribution < -0.4 is 5.73 Å². The van der Waals surface area contributed by atoms with Crippen LogP contribution in [-0.2, 0) is 5.41 Å². The second-order valence-corrected chi connectivity index (χ2v) is 8.73. The lowest BCUT2D eigenvalue weighted by molar-refractivity contribution is 0.375. The maximum atomic E-state index is 6.52. The number of unbranched alkanes of at least 4 members (excludes halogenated alkanes) is 12. The van der Waals surface area contributed by atoms with E-state index in [0.29, 0.717) is 0 Å². The van der Waals surface area contributed by atoms with E-state index in [-0.39, 0.29) is 16.9 Å². The Bertz CT molecular complexity index is 429. The second-order valence-electron chi connectivity index (χ2n) is 8.73. The van der Waals surface area contributed by atoms with Crippen molar-refractivity contribution in [3.05, 3.63) is 35.9 Å². The monoisotopic (exact) mass is 377 g/mol. The zero-order valence-electron chi connectivity index (χ0n) is 18.4. The molecular weight excluding hydrogens is 330 g/mol. The molecule has 0 bridgehead atoms. The first-order valence-corrected chi connectivity index (χ1v) is 11.4. The van der Waals surface area contributed by atoms with E-state index in [1.165, 1.54) is 89.0 Å². The molecule has 0 aliphatic heterocycles. The molecule has 2 heteroatoms. The molecule has 1 unspecified atom stereocenters. The summed E-state index contributed by atoms with van der Waals surface area (Å²) in [6.45, 7) is 6.86. The Hall–Kier alpha value is -0.860. The Kier molecular flexibility index (Phi) is 15.6. The third kappa shape index (κ3) is 11.5. The first-order valence-electron chi connectivity index (χ1n) is 11.4. The van der Waals surface area contributed by atoms with E-state index >= 15 is 0 Å². The van der Waals surface area contributed by atoms with E-state index in [1.54, 1.807) is 0 Å². The lowest BCUT2D eigenvalue weighted by Gasteiger charge is -2.32. The van der Waals surface area contributed by atoms with Crippen molar-refractivity contribution in [2.24, 2.45) is 5.73 Å². The summed E-state index contributed by atoms with van der Waals surface area (Å²) in [4.78, 5) is 0. The fourth-order valence-corrected chi connectivity index (χ4v) is 3.82. The van der Waals surface area contributed by atoms with Gasteiger partial charge in [-0.3, -0.25) is 0 Å². The SMILES string of the molecule is CCCCCCCCCCCCCCCC(N)C(C)(C)c1ccccc1.O. The van der Waals surface area contributed by atoms with Crippen molar-refractivity contribution >= 4 is 0 Å². The summed E-state index contributed by atoms with van der Waals surface area (Å²) in [5.41, 5.74) is 7.95. The molecule has 1 aromatic rings. The van der Waals surface area contributed by atoms with Crippen LogP contribution in [0.2, 0.25) is 0 Å². The zero-order valence-corrected chi connectivity index (χ0v) is 18.4. The highest BCUT2D eigenvalue weighted by Gasteiger charge is 2.27. The fraction of sp³-hybridized carbons (Fsp3) is 0.760. The fourth-order valence-electron chi connectivity index (χ4n) is 3.82. The summed E-state index contributed by atoms with van der Waals surface area (Å²) in [7, 11) is 0. The molecule has 0 aliphatic carbocycles. The van der Waals surface area contributed by atoms with Crippen LogP contribution in [0, 0.1) is 0 Å². The van der Waals surface area contributed by atoms with Crippen LogP contribution in [-0.4, -0.2) is 11.5 Å². The minimum atomic E-state index is 0. The number of benzene rings is 1. The van der Waals surface area contributed by atoms with Gasteiger partial charge in [0.05, 0.1) is 0 Å². The van der Waals surface area contributed by atoms with Crippen LogP contribution in [0.5, 0.6) is 0 Å². The molecule has 0 spiro atoms. The minimum absolute atomic E-state index is 0. The molecule has 158 valence electrons. The lowest BCUT2D eigenvalue weighted by atomic mass is 9.76. The highest BCUT2D eigenvalue weighted by Crippen LogP contribution is 2.28. The van der Waals surface area contributed by atoms with Crippen molar-refractivity contribution in [3.63, 3.8) is 0 Å². The normalized spacial score (nSPS) is 12.6. The Balaban J connectivity index is 0.00000676. The Morgan fingerprint density at radius 2 is 1.11 bits per heavy atom. The molecule has 0 aromatic heterocycles. The summed E-state index contributed by atoms with van der Waals surface area (Å²) < 4.78 is 0. The van der Waals surface area contributed by atoms with Crippen molar-refractivity contribution in [3.8, 4) is 0 Å². The van der Waals surface area contributed by atoms with Crippen molar-refractivity contribution in [1.29, 1.82) is 0 Å². The van der Waals surface area contributed by atoms with E-state index in [4.69, 9.17) is 5.73 Å². The van der Waals surface area contributed by atoms with E-state index in [9.17, 15) is 0 Å². The van der Waals surface area contributed by atoms with Gasteiger partial charge in [-0.15, -0.1) is 0 Å². The molecule has 0 saturated carbocycles. The molecule has 0 aliphatic rings. The topological polar surface area (TPSA) is 57.5 Å². The highest BCUT2D eigenvalue weighted by atomic mass is 16.0. The van der Waals surface area contributed by atoms with Gasteiger partial charge in [0.1, 0.15) is 0 Å². The Morgan fingerprint density at radius 1 is 0.704 bits per heavy atom. The summed E-state index contributed by atoms with van der Waals surface area (Å²) in [5, 5.41) is 0. The standard InChI is InChI=1S/C25H45N.H2O/c1-4-5-6-7-8-9-10-11-12-13-14-15-19-22-24(26)25(2,3)23-20-17-16-18-21-23;/h16-18,20-21,24H,4-15,19,22,26H2,1-3H3;1H2. The van der Waals surface area contributed by atoms with Crippen molar-refractivity contribution in [2.45, 2.75) is 122 Å². The smallest absolute Gasteiger partial charge is 0.0131 e. The maximum Gasteiger partial charge on any atom is 0.0131 e. The number of hydrogen-bond donors (Lipinski definition) is 1. The van der Waals surface area contributed by atoms with Crippen LogP contribution in [0.4, 0.5) is 0 Å². The van der Waals surface area contributed by atoms with Crippen molar-refractivity contribution in [2.75, 3.05) is 0 Å². The summed E-state index contributed by atoms with van der Waals surface area (Å²) in [6, 6.07) is 11.0. The molecule has 0 radical (unpaired) electrons. The molecule has 0 heterocycles. The molecule has 27 heavy (non-hydrogen) atoms. The van der Waals surface area contributed by atoms with Gasteiger partial charge in [0, 0.05) is 11.5 Å². The van der Waals surface area contributed by atoms with E-state index < -0.39 is 0 Å². The van der Waals surface area contributed by atoms with Crippen molar-refractivity contribution in [1.82, 2.24) is 0 Å². The number of rotatable bonds is 16. The van der Waals surface area contributed by atoms with Crippen LogP contribution in [0.15, 0.2) is 30.3 Å². The van der Waals surface area contributed by atoms with Crippen LogP contribution in [0.1, 0.15) is 116 Å². The summed E-state index contributed by atoms with van der Waals surface area (Å²) in [6.07, 6.45) is 19.4. The van der Waals surface area contributed by atoms with Gasteiger partial charge in [-0.1, -0.05) is 135 Å². The summed E-state index contributed by atoms with van der Waals surface area (Å²) >= 11 is 0. The van der Waals surface area contributed by atoms with Gasteiger partial charge in [-0.25, -0.2) is 0 Å². The second kappa shape index (κ2) is 16.1. The van der Waals surface area contributed by atoms with Gasteiger partial charge in [-0.05, 0) is 12.0 Å². The van der Waals surface area contributed by atoms with Crippen LogP contribution in [0.3, 0.4) is 0 Å².